The fourth-order valence-electron chi connectivity index (χ4n) is 1.98. The Morgan fingerprint density at radius 1 is 1.20 bits per heavy atom. The van der Waals surface area contributed by atoms with E-state index >= 15 is 0 Å². The summed E-state index contributed by atoms with van der Waals surface area (Å²) in [6.07, 6.45) is -0.720. The van der Waals surface area contributed by atoms with Crippen LogP contribution in [0.5, 0.6) is 5.75 Å². The number of carbonyl (C=O) groups excluding carboxylic acids is 2. The van der Waals surface area contributed by atoms with Crippen molar-refractivity contribution in [1.29, 1.82) is 0 Å². The molecule has 0 heterocycles. The highest BCUT2D eigenvalue weighted by Gasteiger charge is 2.17. The normalized spacial score (nSPS) is 11.5. The van der Waals surface area contributed by atoms with Crippen LogP contribution in [0.3, 0.4) is 0 Å². The van der Waals surface area contributed by atoms with Crippen LogP contribution in [0.4, 0.5) is 5.69 Å². The predicted octanol–water partition coefficient (Wildman–Crippen LogP) is 4.69. The zero-order valence-corrected chi connectivity index (χ0v) is 16.1. The maximum absolute atomic E-state index is 12.3. The average Bonchev–Trinajstić information content (AvgIpc) is 2.58. The Morgan fingerprint density at radius 3 is 2.52 bits per heavy atom. The minimum Gasteiger partial charge on any atom is -0.481 e. The zero-order chi connectivity index (χ0) is 18.4. The number of hydrogen-bond donors (Lipinski definition) is 1. The van der Waals surface area contributed by atoms with Crippen molar-refractivity contribution in [2.75, 3.05) is 11.9 Å². The van der Waals surface area contributed by atoms with E-state index in [9.17, 15) is 9.59 Å². The second kappa shape index (κ2) is 8.87. The van der Waals surface area contributed by atoms with Crippen LogP contribution in [0.25, 0.3) is 0 Å². The third-order valence-corrected chi connectivity index (χ3v) is 4.08. The van der Waals surface area contributed by atoms with Gasteiger partial charge in [0, 0.05) is 10.2 Å². The van der Waals surface area contributed by atoms with Gasteiger partial charge in [0.2, 0.25) is 0 Å². The van der Waals surface area contributed by atoms with Crippen molar-refractivity contribution in [1.82, 2.24) is 0 Å². The Kier molecular flexibility index (Phi) is 6.84. The third-order valence-electron chi connectivity index (χ3n) is 3.22. The van der Waals surface area contributed by atoms with E-state index in [2.05, 4.69) is 21.2 Å². The molecule has 0 bridgehead atoms. The van der Waals surface area contributed by atoms with Crippen molar-refractivity contribution in [3.8, 4) is 5.75 Å². The van der Waals surface area contributed by atoms with Crippen molar-refractivity contribution in [3.63, 3.8) is 0 Å². The number of carbonyl (C=O) groups is 2. The molecule has 0 saturated heterocycles. The van der Waals surface area contributed by atoms with E-state index in [1.807, 2.05) is 12.1 Å². The van der Waals surface area contributed by atoms with Crippen LogP contribution < -0.4 is 10.1 Å². The molecule has 1 N–H and O–H groups in total. The molecule has 1 amide bonds. The van der Waals surface area contributed by atoms with Crippen LogP contribution in [0.15, 0.2) is 46.9 Å². The first-order chi connectivity index (χ1) is 11.9. The fraction of sp³-hybridized carbons (Fsp3) is 0.222. The van der Waals surface area contributed by atoms with E-state index in [0.717, 1.165) is 4.47 Å². The summed E-state index contributed by atoms with van der Waals surface area (Å²) in [5, 5.41) is 2.96. The van der Waals surface area contributed by atoms with Crippen LogP contribution in [-0.4, -0.2) is 24.6 Å². The molecule has 0 aliphatic rings. The number of nitrogens with one attached hydrogen (secondary N) is 1. The van der Waals surface area contributed by atoms with Gasteiger partial charge in [-0.25, -0.2) is 4.79 Å². The van der Waals surface area contributed by atoms with Gasteiger partial charge in [-0.15, -0.1) is 0 Å². The molecular weight excluding hydrogens is 410 g/mol. The largest absolute Gasteiger partial charge is 0.481 e. The average molecular weight is 427 g/mol. The summed E-state index contributed by atoms with van der Waals surface area (Å²) < 4.78 is 11.5. The topological polar surface area (TPSA) is 64.6 Å². The lowest BCUT2D eigenvalue weighted by atomic mass is 10.2. The van der Waals surface area contributed by atoms with E-state index in [1.165, 1.54) is 12.1 Å². The number of hydrogen-bond acceptors (Lipinski definition) is 4. The van der Waals surface area contributed by atoms with Gasteiger partial charge in [0.25, 0.3) is 5.91 Å². The number of rotatable bonds is 6. The van der Waals surface area contributed by atoms with Crippen molar-refractivity contribution in [2.45, 2.75) is 20.0 Å². The molecule has 0 radical (unpaired) electrons. The lowest BCUT2D eigenvalue weighted by Crippen LogP contribution is -2.30. The number of benzene rings is 2. The first kappa shape index (κ1) is 19.3. The Hall–Kier alpha value is -2.05. The minimum absolute atomic E-state index is 0.197. The predicted molar refractivity (Wildman–Crippen MR) is 100 cm³/mol. The van der Waals surface area contributed by atoms with Crippen LogP contribution in [-0.2, 0) is 9.53 Å². The molecule has 0 aromatic heterocycles. The number of esters is 1. The van der Waals surface area contributed by atoms with E-state index < -0.39 is 12.1 Å². The van der Waals surface area contributed by atoms with Gasteiger partial charge in [-0.2, -0.15) is 0 Å². The second-order valence-corrected chi connectivity index (χ2v) is 6.44. The monoisotopic (exact) mass is 425 g/mol. The lowest BCUT2D eigenvalue weighted by molar-refractivity contribution is -0.122. The molecular formula is C18H17BrClNO4. The van der Waals surface area contributed by atoms with Gasteiger partial charge in [-0.1, -0.05) is 27.5 Å². The van der Waals surface area contributed by atoms with Gasteiger partial charge in [0.15, 0.2) is 6.10 Å². The molecule has 132 valence electrons. The summed E-state index contributed by atoms with van der Waals surface area (Å²) in [4.78, 5) is 24.1. The summed E-state index contributed by atoms with van der Waals surface area (Å²) >= 11 is 9.34. The van der Waals surface area contributed by atoms with Crippen molar-refractivity contribution in [3.05, 3.63) is 57.5 Å². The molecule has 2 aromatic carbocycles. The third kappa shape index (κ3) is 5.47. The van der Waals surface area contributed by atoms with Crippen molar-refractivity contribution in [2.24, 2.45) is 0 Å². The first-order valence-electron chi connectivity index (χ1n) is 7.60. The Balaban J connectivity index is 2.05. The van der Waals surface area contributed by atoms with Gasteiger partial charge in [0.05, 0.1) is 17.2 Å². The van der Waals surface area contributed by atoms with Crippen molar-refractivity contribution < 1.29 is 19.1 Å². The smallest absolute Gasteiger partial charge is 0.339 e. The Morgan fingerprint density at radius 2 is 1.88 bits per heavy atom. The Labute approximate surface area is 159 Å². The minimum atomic E-state index is -0.720. The van der Waals surface area contributed by atoms with Gasteiger partial charge in [0.1, 0.15) is 5.75 Å². The quantitative estimate of drug-likeness (QED) is 0.681. The molecule has 2 rings (SSSR count). The zero-order valence-electron chi connectivity index (χ0n) is 13.7. The fourth-order valence-corrected chi connectivity index (χ4v) is 2.44. The summed E-state index contributed by atoms with van der Waals surface area (Å²) in [6.45, 7) is 3.59. The highest BCUT2D eigenvalue weighted by Crippen LogP contribution is 2.22. The number of halogens is 2. The van der Waals surface area contributed by atoms with E-state index in [0.29, 0.717) is 11.4 Å². The van der Waals surface area contributed by atoms with E-state index in [4.69, 9.17) is 21.1 Å². The second-order valence-electron chi connectivity index (χ2n) is 5.12. The SMILES string of the molecule is CCOC(=O)c1cc(NC(=O)[C@H](C)Oc2ccc(Br)cc2)ccc1Cl. The molecule has 0 spiro atoms. The summed E-state index contributed by atoms with van der Waals surface area (Å²) in [6, 6.07) is 11.8. The van der Waals surface area contributed by atoms with Crippen LogP contribution in [0.1, 0.15) is 24.2 Å². The molecule has 7 heteroatoms. The molecule has 2 aromatic rings. The van der Waals surface area contributed by atoms with Crippen molar-refractivity contribution >= 4 is 45.1 Å². The molecule has 0 aliphatic carbocycles. The van der Waals surface area contributed by atoms with Crippen LogP contribution in [0.2, 0.25) is 5.02 Å². The van der Waals surface area contributed by atoms with Crippen LogP contribution in [0, 0.1) is 0 Å². The molecule has 0 aliphatic heterocycles. The summed E-state index contributed by atoms with van der Waals surface area (Å²) in [5.41, 5.74) is 0.631. The number of ether oxygens (including phenoxy) is 2. The molecule has 0 unspecified atom stereocenters. The molecule has 0 fully saturated rings. The first-order valence-corrected chi connectivity index (χ1v) is 8.77. The van der Waals surface area contributed by atoms with Gasteiger partial charge in [-0.05, 0) is 56.3 Å². The number of amides is 1. The maximum atomic E-state index is 12.3. The standard InChI is InChI=1S/C18H17BrClNO4/c1-3-24-18(23)15-10-13(6-9-16(15)20)21-17(22)11(2)25-14-7-4-12(19)5-8-14/h4-11H,3H2,1-2H3,(H,21,22)/t11-/m0/s1. The number of anilines is 1. The maximum Gasteiger partial charge on any atom is 0.339 e. The van der Waals surface area contributed by atoms with E-state index in [-0.39, 0.29) is 23.1 Å². The summed E-state index contributed by atoms with van der Waals surface area (Å²) in [7, 11) is 0. The van der Waals surface area contributed by atoms with Crippen LogP contribution >= 0.6 is 27.5 Å². The molecule has 1 atom stereocenters. The molecule has 25 heavy (non-hydrogen) atoms. The lowest BCUT2D eigenvalue weighted by Gasteiger charge is -2.15. The van der Waals surface area contributed by atoms with Gasteiger partial charge >= 0.3 is 5.97 Å². The Bertz CT molecular complexity index is 764. The molecule has 0 saturated carbocycles. The highest BCUT2D eigenvalue weighted by atomic mass is 79.9. The highest BCUT2D eigenvalue weighted by molar-refractivity contribution is 9.10. The van der Waals surface area contributed by atoms with Gasteiger partial charge < -0.3 is 14.8 Å². The van der Waals surface area contributed by atoms with Gasteiger partial charge in [-0.3, -0.25) is 4.79 Å². The van der Waals surface area contributed by atoms with E-state index in [1.54, 1.807) is 32.0 Å². The summed E-state index contributed by atoms with van der Waals surface area (Å²) in [5.74, 6) is -0.308. The molecule has 5 nitrogen and oxygen atoms in total.